The first-order valence-electron chi connectivity index (χ1n) is 3.98. The Morgan fingerprint density at radius 2 is 1.73 bits per heavy atom. The van der Waals surface area contributed by atoms with Crippen LogP contribution in [-0.2, 0) is 18.3 Å². The summed E-state index contributed by atoms with van der Waals surface area (Å²) in [4.78, 5) is 10.7. The van der Waals surface area contributed by atoms with Gasteiger partial charge in [0.15, 0.2) is 0 Å². The maximum absolute atomic E-state index is 11.6. The van der Waals surface area contributed by atoms with E-state index in [1.165, 1.54) is 27.1 Å². The summed E-state index contributed by atoms with van der Waals surface area (Å²) in [6.07, 6.45) is -0.660. The SMILES string of the molecule is COC(=O)NN/C(C)=C/P(=O)(OC)OC. The van der Waals surface area contributed by atoms with Crippen molar-refractivity contribution >= 4 is 13.7 Å². The predicted molar refractivity (Wildman–Crippen MR) is 54.1 cm³/mol. The highest BCUT2D eigenvalue weighted by molar-refractivity contribution is 7.57. The van der Waals surface area contributed by atoms with Crippen molar-refractivity contribution in [2.75, 3.05) is 21.3 Å². The fourth-order valence-electron chi connectivity index (χ4n) is 0.650. The van der Waals surface area contributed by atoms with Crippen molar-refractivity contribution < 1.29 is 23.1 Å². The lowest BCUT2D eigenvalue weighted by Crippen LogP contribution is -2.35. The maximum Gasteiger partial charge on any atom is 0.425 e. The molecular formula is C7H15N2O5P. The van der Waals surface area contributed by atoms with Gasteiger partial charge in [0.25, 0.3) is 0 Å². The summed E-state index contributed by atoms with van der Waals surface area (Å²) in [5.41, 5.74) is 5.06. The van der Waals surface area contributed by atoms with Gasteiger partial charge in [-0.2, -0.15) is 0 Å². The minimum absolute atomic E-state index is 0.410. The van der Waals surface area contributed by atoms with E-state index in [1.54, 1.807) is 6.92 Å². The van der Waals surface area contributed by atoms with Crippen LogP contribution in [0.1, 0.15) is 6.92 Å². The Morgan fingerprint density at radius 1 is 1.20 bits per heavy atom. The molecule has 0 bridgehead atoms. The molecule has 0 saturated carbocycles. The summed E-state index contributed by atoms with van der Waals surface area (Å²) < 4.78 is 25.2. The second-order valence-corrected chi connectivity index (χ2v) is 4.53. The van der Waals surface area contributed by atoms with Gasteiger partial charge in [0.1, 0.15) is 0 Å². The molecule has 0 fully saturated rings. The fraction of sp³-hybridized carbons (Fsp3) is 0.571. The highest BCUT2D eigenvalue weighted by Crippen LogP contribution is 2.48. The van der Waals surface area contributed by atoms with Crippen LogP contribution in [0.2, 0.25) is 0 Å². The van der Waals surface area contributed by atoms with Crippen molar-refractivity contribution in [3.63, 3.8) is 0 Å². The van der Waals surface area contributed by atoms with Crippen LogP contribution < -0.4 is 10.9 Å². The van der Waals surface area contributed by atoms with Crippen molar-refractivity contribution in [3.8, 4) is 0 Å². The van der Waals surface area contributed by atoms with Crippen molar-refractivity contribution in [2.24, 2.45) is 0 Å². The molecule has 8 heteroatoms. The lowest BCUT2D eigenvalue weighted by molar-refractivity contribution is 0.167. The van der Waals surface area contributed by atoms with Crippen LogP contribution in [0.3, 0.4) is 0 Å². The van der Waals surface area contributed by atoms with E-state index in [9.17, 15) is 9.36 Å². The molecule has 0 spiro atoms. The molecule has 1 amide bonds. The fourth-order valence-corrected chi connectivity index (χ4v) is 1.55. The summed E-state index contributed by atoms with van der Waals surface area (Å²) in [5, 5.41) is 0. The van der Waals surface area contributed by atoms with E-state index in [1.807, 2.05) is 0 Å². The number of hydrogen-bond donors (Lipinski definition) is 2. The second-order valence-electron chi connectivity index (χ2n) is 2.46. The summed E-state index contributed by atoms with van der Waals surface area (Å²) in [6, 6.07) is 0. The molecule has 0 aliphatic rings. The Morgan fingerprint density at radius 3 is 2.13 bits per heavy atom. The van der Waals surface area contributed by atoms with Crippen LogP contribution in [0.15, 0.2) is 11.5 Å². The zero-order chi connectivity index (χ0) is 11.9. The molecular weight excluding hydrogens is 223 g/mol. The number of carbonyl (C=O) groups is 1. The monoisotopic (exact) mass is 238 g/mol. The molecule has 7 nitrogen and oxygen atoms in total. The lowest BCUT2D eigenvalue weighted by atomic mass is 10.6. The van der Waals surface area contributed by atoms with Gasteiger partial charge in [-0.05, 0) is 6.92 Å². The van der Waals surface area contributed by atoms with E-state index < -0.39 is 13.7 Å². The molecule has 2 N–H and O–H groups in total. The molecule has 0 atom stereocenters. The average molecular weight is 238 g/mol. The third-order valence-electron chi connectivity index (χ3n) is 1.41. The van der Waals surface area contributed by atoms with E-state index in [0.717, 1.165) is 0 Å². The highest BCUT2D eigenvalue weighted by atomic mass is 31.2. The number of amides is 1. The number of rotatable bonds is 5. The van der Waals surface area contributed by atoms with Crippen LogP contribution in [0.25, 0.3) is 0 Å². The zero-order valence-electron chi connectivity index (χ0n) is 9.07. The molecule has 0 aromatic carbocycles. The van der Waals surface area contributed by atoms with Crippen molar-refractivity contribution in [2.45, 2.75) is 6.92 Å². The molecule has 0 aliphatic heterocycles. The molecule has 88 valence electrons. The van der Waals surface area contributed by atoms with Crippen molar-refractivity contribution in [3.05, 3.63) is 11.5 Å². The molecule has 0 radical (unpaired) electrons. The van der Waals surface area contributed by atoms with Gasteiger partial charge in [0, 0.05) is 25.7 Å². The second kappa shape index (κ2) is 6.44. The third-order valence-corrected chi connectivity index (χ3v) is 3.13. The van der Waals surface area contributed by atoms with Crippen LogP contribution in [0.4, 0.5) is 4.79 Å². The molecule has 0 unspecified atom stereocenters. The van der Waals surface area contributed by atoms with E-state index >= 15 is 0 Å². The summed E-state index contributed by atoms with van der Waals surface area (Å²) in [6.45, 7) is 1.58. The van der Waals surface area contributed by atoms with Crippen LogP contribution in [-0.4, -0.2) is 27.4 Å². The van der Waals surface area contributed by atoms with Crippen LogP contribution in [0.5, 0.6) is 0 Å². The topological polar surface area (TPSA) is 85.9 Å². The molecule has 0 heterocycles. The standard InChI is InChI=1S/C7H15N2O5P/c1-6(8-9-7(10)12-2)5-15(11,13-3)14-4/h5,8H,1-4H3,(H,9,10)/b6-5+. The number of nitrogens with one attached hydrogen (secondary N) is 2. The number of methoxy groups -OCH3 is 1. The van der Waals surface area contributed by atoms with Gasteiger partial charge < -0.3 is 13.8 Å². The first-order chi connectivity index (χ1) is 6.97. The Kier molecular flexibility index (Phi) is 6.00. The van der Waals surface area contributed by atoms with Crippen molar-refractivity contribution in [1.29, 1.82) is 0 Å². The Labute approximate surface area is 88.3 Å². The smallest absolute Gasteiger partial charge is 0.425 e. The summed E-state index contributed by atoms with van der Waals surface area (Å²) in [5.74, 6) is 1.24. The molecule has 0 aromatic rings. The first kappa shape index (κ1) is 14.0. The molecule has 0 rings (SSSR count). The van der Waals surface area contributed by atoms with E-state index in [-0.39, 0.29) is 0 Å². The Hall–Kier alpha value is -1.04. The van der Waals surface area contributed by atoms with E-state index in [2.05, 4.69) is 24.6 Å². The number of allylic oxidation sites excluding steroid dienone is 1. The summed E-state index contributed by atoms with van der Waals surface area (Å²) in [7, 11) is 0.536. The Balaban J connectivity index is 4.31. The number of ether oxygens (including phenoxy) is 1. The number of hydrazine groups is 1. The molecule has 0 aliphatic carbocycles. The van der Waals surface area contributed by atoms with Gasteiger partial charge in [0.2, 0.25) is 0 Å². The average Bonchev–Trinajstić information content (AvgIpc) is 2.25. The van der Waals surface area contributed by atoms with Gasteiger partial charge in [-0.25, -0.2) is 10.2 Å². The van der Waals surface area contributed by atoms with Gasteiger partial charge in [-0.1, -0.05) is 0 Å². The van der Waals surface area contributed by atoms with Crippen LogP contribution in [0, 0.1) is 0 Å². The number of carbonyl (C=O) groups excluding carboxylic acids is 1. The molecule has 0 saturated heterocycles. The normalized spacial score (nSPS) is 12.1. The van der Waals surface area contributed by atoms with E-state index in [0.29, 0.717) is 5.70 Å². The van der Waals surface area contributed by atoms with Crippen molar-refractivity contribution in [1.82, 2.24) is 10.9 Å². The van der Waals surface area contributed by atoms with Gasteiger partial charge >= 0.3 is 13.7 Å². The third kappa shape index (κ3) is 5.41. The van der Waals surface area contributed by atoms with E-state index in [4.69, 9.17) is 0 Å². The quantitative estimate of drug-likeness (QED) is 0.552. The zero-order valence-corrected chi connectivity index (χ0v) is 9.96. The maximum atomic E-state index is 11.6. The Bertz CT molecular complexity index is 283. The lowest BCUT2D eigenvalue weighted by Gasteiger charge is -2.12. The predicted octanol–water partition coefficient (Wildman–Crippen LogP) is 1.19. The van der Waals surface area contributed by atoms with Gasteiger partial charge in [-0.15, -0.1) is 0 Å². The largest absolute Gasteiger partial charge is 0.452 e. The van der Waals surface area contributed by atoms with Gasteiger partial charge in [0.05, 0.1) is 7.11 Å². The molecule has 0 aromatic heterocycles. The van der Waals surface area contributed by atoms with Crippen LogP contribution >= 0.6 is 7.60 Å². The first-order valence-corrected chi connectivity index (χ1v) is 5.59. The van der Waals surface area contributed by atoms with Gasteiger partial charge in [-0.3, -0.25) is 9.99 Å². The highest BCUT2D eigenvalue weighted by Gasteiger charge is 2.17. The molecule has 15 heavy (non-hydrogen) atoms. The minimum Gasteiger partial charge on any atom is -0.452 e. The minimum atomic E-state index is -3.22. The summed E-state index contributed by atoms with van der Waals surface area (Å²) >= 11 is 0. The number of hydrogen-bond acceptors (Lipinski definition) is 6.